The van der Waals surface area contributed by atoms with Gasteiger partial charge in [0.1, 0.15) is 4.88 Å². The summed E-state index contributed by atoms with van der Waals surface area (Å²) in [6, 6.07) is 5.98. The molecule has 1 aliphatic heterocycles. The van der Waals surface area contributed by atoms with E-state index >= 15 is 0 Å². The van der Waals surface area contributed by atoms with Crippen molar-refractivity contribution in [3.8, 4) is 0 Å². The van der Waals surface area contributed by atoms with Crippen molar-refractivity contribution >= 4 is 33.0 Å². The van der Waals surface area contributed by atoms with E-state index in [0.29, 0.717) is 23.0 Å². The second-order valence-electron chi connectivity index (χ2n) is 7.56. The summed E-state index contributed by atoms with van der Waals surface area (Å²) in [6.07, 6.45) is 2.74. The van der Waals surface area contributed by atoms with Crippen LogP contribution in [-0.4, -0.2) is 47.4 Å². The number of aromatic nitrogens is 1. The van der Waals surface area contributed by atoms with Crippen LogP contribution in [0.5, 0.6) is 0 Å². The van der Waals surface area contributed by atoms with E-state index in [1.165, 1.54) is 34.0 Å². The second-order valence-corrected chi connectivity index (χ2v) is 10.3. The Morgan fingerprint density at radius 1 is 1.30 bits per heavy atom. The molecule has 2 aliphatic carbocycles. The highest BCUT2D eigenvalue weighted by molar-refractivity contribution is 7.89. The molecule has 7 nitrogen and oxygen atoms in total. The average Bonchev–Trinajstić information content (AvgIpc) is 3.38. The molecule has 5 rings (SSSR count). The highest BCUT2D eigenvalue weighted by Gasteiger charge is 2.61. The third kappa shape index (κ3) is 2.64. The van der Waals surface area contributed by atoms with Gasteiger partial charge in [-0.2, -0.15) is 4.31 Å². The molecule has 2 heterocycles. The van der Waals surface area contributed by atoms with Crippen LogP contribution < -0.4 is 5.32 Å². The largest absolute Gasteiger partial charge is 0.391 e. The number of aliphatic hydroxyl groups excluding tert-OH is 1. The van der Waals surface area contributed by atoms with Crippen molar-refractivity contribution in [2.24, 2.45) is 17.8 Å². The summed E-state index contributed by atoms with van der Waals surface area (Å²) in [5.41, 5.74) is 1.99. The molecule has 1 amide bonds. The second kappa shape index (κ2) is 6.10. The Balaban J connectivity index is 1.42. The lowest BCUT2D eigenvalue weighted by molar-refractivity contribution is 0.0731. The van der Waals surface area contributed by atoms with Gasteiger partial charge in [-0.15, -0.1) is 11.3 Å². The Labute approximate surface area is 161 Å². The number of nitrogens with one attached hydrogen (secondary N) is 1. The molecule has 9 heteroatoms. The monoisotopic (exact) mass is 405 g/mol. The van der Waals surface area contributed by atoms with Crippen molar-refractivity contribution in [1.29, 1.82) is 0 Å². The summed E-state index contributed by atoms with van der Waals surface area (Å²) in [5.74, 6) is 0.539. The molecule has 2 bridgehead atoms. The first-order valence-corrected chi connectivity index (χ1v) is 11.3. The molecule has 27 heavy (non-hydrogen) atoms. The standard InChI is InChI=1S/C18H19N3O4S2/c22-17-10-4-11-8-21(16(17)14(11)5-10)27(24,25)13-3-1-2-12(6-13)20-18(23)15-7-19-9-26-15/h1-3,6-7,9-11,14,16-17,22H,4-5,8H2,(H,20,23). The number of anilines is 1. The third-order valence-electron chi connectivity index (χ3n) is 6.16. The molecule has 5 unspecified atom stereocenters. The highest BCUT2D eigenvalue weighted by Crippen LogP contribution is 2.56. The number of benzene rings is 1. The van der Waals surface area contributed by atoms with Crippen LogP contribution in [0, 0.1) is 17.8 Å². The van der Waals surface area contributed by atoms with Crippen LogP contribution in [0.1, 0.15) is 22.5 Å². The van der Waals surface area contributed by atoms with Crippen molar-refractivity contribution in [3.63, 3.8) is 0 Å². The number of aliphatic hydroxyl groups is 1. The van der Waals surface area contributed by atoms with E-state index in [1.807, 2.05) is 0 Å². The molecule has 0 radical (unpaired) electrons. The van der Waals surface area contributed by atoms with Gasteiger partial charge in [0.2, 0.25) is 10.0 Å². The summed E-state index contributed by atoms with van der Waals surface area (Å²) in [6.45, 7) is 0.475. The van der Waals surface area contributed by atoms with Crippen LogP contribution in [0.4, 0.5) is 5.69 Å². The molecule has 2 N–H and O–H groups in total. The van der Waals surface area contributed by atoms with E-state index < -0.39 is 16.1 Å². The maximum atomic E-state index is 13.2. The molecule has 142 valence electrons. The first-order chi connectivity index (χ1) is 12.9. The van der Waals surface area contributed by atoms with Gasteiger partial charge in [0, 0.05) is 12.2 Å². The lowest BCUT2D eigenvalue weighted by Gasteiger charge is -2.28. The van der Waals surface area contributed by atoms with Crippen LogP contribution >= 0.6 is 11.3 Å². The summed E-state index contributed by atoms with van der Waals surface area (Å²) in [7, 11) is -3.73. The SMILES string of the molecule is O=C(Nc1cccc(S(=O)(=O)N2CC3CC4CC3C2C4O)c1)c1cncs1. The Hall–Kier alpha value is -1.81. The van der Waals surface area contributed by atoms with Gasteiger partial charge in [0.15, 0.2) is 0 Å². The first-order valence-electron chi connectivity index (χ1n) is 8.95. The number of nitrogens with zero attached hydrogens (tertiary/aromatic N) is 2. The number of amides is 1. The fourth-order valence-electron chi connectivity index (χ4n) is 5.03. The average molecular weight is 406 g/mol. The lowest BCUT2D eigenvalue weighted by atomic mass is 9.88. The van der Waals surface area contributed by atoms with Crippen LogP contribution in [-0.2, 0) is 10.0 Å². The predicted octanol–water partition coefficient (Wildman–Crippen LogP) is 1.79. The zero-order chi connectivity index (χ0) is 18.8. The topological polar surface area (TPSA) is 99.6 Å². The van der Waals surface area contributed by atoms with Crippen LogP contribution in [0.25, 0.3) is 0 Å². The molecule has 1 aromatic carbocycles. The normalized spacial score (nSPS) is 32.1. The van der Waals surface area contributed by atoms with Crippen molar-refractivity contribution in [2.45, 2.75) is 29.9 Å². The zero-order valence-electron chi connectivity index (χ0n) is 14.4. The van der Waals surface area contributed by atoms with E-state index in [4.69, 9.17) is 0 Å². The maximum absolute atomic E-state index is 13.2. The van der Waals surface area contributed by atoms with Crippen molar-refractivity contribution < 1.29 is 18.3 Å². The number of hydrogen-bond donors (Lipinski definition) is 2. The number of thiazole rings is 1. The van der Waals surface area contributed by atoms with Crippen LogP contribution in [0.2, 0.25) is 0 Å². The van der Waals surface area contributed by atoms with E-state index in [0.717, 1.165) is 12.8 Å². The van der Waals surface area contributed by atoms with Gasteiger partial charge >= 0.3 is 0 Å². The Morgan fingerprint density at radius 2 is 2.15 bits per heavy atom. The van der Waals surface area contributed by atoms with Gasteiger partial charge < -0.3 is 10.4 Å². The predicted molar refractivity (Wildman–Crippen MR) is 99.9 cm³/mol. The smallest absolute Gasteiger partial charge is 0.267 e. The van der Waals surface area contributed by atoms with Gasteiger partial charge in [-0.25, -0.2) is 8.42 Å². The van der Waals surface area contributed by atoms with Crippen LogP contribution in [0.15, 0.2) is 40.9 Å². The number of fused-ring (bicyclic) bond motifs is 1. The van der Waals surface area contributed by atoms with Gasteiger partial charge in [0.25, 0.3) is 5.91 Å². The molecule has 3 fully saturated rings. The van der Waals surface area contributed by atoms with Gasteiger partial charge in [-0.3, -0.25) is 9.78 Å². The minimum absolute atomic E-state index is 0.140. The van der Waals surface area contributed by atoms with Gasteiger partial charge in [0.05, 0.1) is 28.7 Å². The van der Waals surface area contributed by atoms with E-state index in [2.05, 4.69) is 10.3 Å². The number of carbonyl (C=O) groups excluding carboxylic acids is 1. The first kappa shape index (κ1) is 17.3. The fraction of sp³-hybridized carbons (Fsp3) is 0.444. The van der Waals surface area contributed by atoms with Gasteiger partial charge in [-0.05, 0) is 48.8 Å². The summed E-state index contributed by atoms with van der Waals surface area (Å²) in [4.78, 5) is 16.7. The number of rotatable bonds is 4. The maximum Gasteiger partial charge on any atom is 0.267 e. The summed E-state index contributed by atoms with van der Waals surface area (Å²) < 4.78 is 28.0. The van der Waals surface area contributed by atoms with Crippen molar-refractivity contribution in [3.05, 3.63) is 40.8 Å². The minimum atomic E-state index is -3.73. The zero-order valence-corrected chi connectivity index (χ0v) is 16.0. The van der Waals surface area contributed by atoms with Crippen molar-refractivity contribution in [1.82, 2.24) is 9.29 Å². The fourth-order valence-corrected chi connectivity index (χ4v) is 7.33. The van der Waals surface area contributed by atoms with Gasteiger partial charge in [-0.1, -0.05) is 6.07 Å². The van der Waals surface area contributed by atoms with E-state index in [-0.39, 0.29) is 28.7 Å². The molecule has 2 aromatic rings. The molecule has 2 saturated carbocycles. The molecular formula is C18H19N3O4S2. The molecule has 3 aliphatic rings. The number of carbonyl (C=O) groups is 1. The molecular weight excluding hydrogens is 386 g/mol. The number of sulfonamides is 1. The van der Waals surface area contributed by atoms with E-state index in [9.17, 15) is 18.3 Å². The Kier molecular flexibility index (Phi) is 3.91. The third-order valence-corrected chi connectivity index (χ3v) is 8.79. The lowest BCUT2D eigenvalue weighted by Crippen LogP contribution is -2.43. The summed E-state index contributed by atoms with van der Waals surface area (Å²) >= 11 is 1.22. The molecule has 5 atom stereocenters. The summed E-state index contributed by atoms with van der Waals surface area (Å²) in [5, 5.41) is 13.2. The Morgan fingerprint density at radius 3 is 2.89 bits per heavy atom. The van der Waals surface area contributed by atoms with E-state index in [1.54, 1.807) is 17.6 Å². The molecule has 1 aromatic heterocycles. The molecule has 1 saturated heterocycles. The molecule has 0 spiro atoms. The van der Waals surface area contributed by atoms with Crippen LogP contribution in [0.3, 0.4) is 0 Å². The van der Waals surface area contributed by atoms with Crippen molar-refractivity contribution in [2.75, 3.05) is 11.9 Å². The minimum Gasteiger partial charge on any atom is -0.391 e. The number of hydrogen-bond acceptors (Lipinski definition) is 6. The Bertz CT molecular complexity index is 990. The highest BCUT2D eigenvalue weighted by atomic mass is 32.2. The quantitative estimate of drug-likeness (QED) is 0.808.